The number of esters is 1. The van der Waals surface area contributed by atoms with Crippen LogP contribution in [0.3, 0.4) is 0 Å². The van der Waals surface area contributed by atoms with Crippen molar-refractivity contribution >= 4 is 23.3 Å². The maximum Gasteiger partial charge on any atom is 0.344 e. The van der Waals surface area contributed by atoms with Crippen LogP contribution in [0.1, 0.15) is 29.3 Å². The van der Waals surface area contributed by atoms with Crippen LogP contribution in [-0.2, 0) is 20.7 Å². The van der Waals surface area contributed by atoms with Gasteiger partial charge in [-0.1, -0.05) is 30.3 Å². The minimum Gasteiger partial charge on any atom is -0.482 e. The van der Waals surface area contributed by atoms with E-state index in [2.05, 4.69) is 5.32 Å². The summed E-state index contributed by atoms with van der Waals surface area (Å²) in [6, 6.07) is 13.9. The fourth-order valence-corrected chi connectivity index (χ4v) is 2.71. The largest absolute Gasteiger partial charge is 0.482 e. The summed E-state index contributed by atoms with van der Waals surface area (Å²) in [5, 5.41) is 2.78. The predicted molar refractivity (Wildman–Crippen MR) is 95.2 cm³/mol. The number of fused-ring (bicyclic) bond motifs is 1. The highest BCUT2D eigenvalue weighted by atomic mass is 16.6. The molecule has 2 aromatic rings. The number of nitrogens with one attached hydrogen (secondary N) is 1. The highest BCUT2D eigenvalue weighted by Crippen LogP contribution is 2.26. The van der Waals surface area contributed by atoms with Crippen molar-refractivity contribution < 1.29 is 23.9 Å². The van der Waals surface area contributed by atoms with E-state index >= 15 is 0 Å². The molecule has 0 radical (unpaired) electrons. The Labute approximate surface area is 151 Å². The quantitative estimate of drug-likeness (QED) is 0.638. The van der Waals surface area contributed by atoms with Crippen molar-refractivity contribution in [2.75, 3.05) is 11.9 Å². The summed E-state index contributed by atoms with van der Waals surface area (Å²) in [5.74, 6) is -0.373. The van der Waals surface area contributed by atoms with Crippen molar-refractivity contribution in [2.45, 2.75) is 25.9 Å². The number of amides is 1. The molecule has 0 spiro atoms. The maximum atomic E-state index is 12.2. The van der Waals surface area contributed by atoms with Crippen molar-refractivity contribution in [3.05, 3.63) is 59.7 Å². The fraction of sp³-hybridized carbons (Fsp3) is 0.250. The predicted octanol–water partition coefficient (Wildman–Crippen LogP) is 2.76. The third kappa shape index (κ3) is 4.27. The summed E-state index contributed by atoms with van der Waals surface area (Å²) < 4.78 is 10.6. The molecule has 0 aliphatic carbocycles. The van der Waals surface area contributed by atoms with E-state index < -0.39 is 12.1 Å². The van der Waals surface area contributed by atoms with Gasteiger partial charge >= 0.3 is 5.97 Å². The van der Waals surface area contributed by atoms with Gasteiger partial charge in [0.25, 0.3) is 0 Å². The lowest BCUT2D eigenvalue weighted by Crippen LogP contribution is -2.27. The van der Waals surface area contributed by atoms with E-state index in [1.54, 1.807) is 42.5 Å². The van der Waals surface area contributed by atoms with Gasteiger partial charge in [-0.2, -0.15) is 0 Å². The van der Waals surface area contributed by atoms with Crippen LogP contribution in [0.4, 0.5) is 5.69 Å². The van der Waals surface area contributed by atoms with Crippen molar-refractivity contribution in [3.8, 4) is 5.75 Å². The molecule has 3 rings (SSSR count). The minimum absolute atomic E-state index is 0.00758. The lowest BCUT2D eigenvalue weighted by atomic mass is 10.0. The van der Waals surface area contributed by atoms with Gasteiger partial charge in [-0.3, -0.25) is 9.59 Å². The Morgan fingerprint density at radius 2 is 1.88 bits per heavy atom. The molecule has 1 aliphatic heterocycles. The normalized spacial score (nSPS) is 14.0. The van der Waals surface area contributed by atoms with Gasteiger partial charge in [-0.05, 0) is 37.1 Å². The second-order valence-corrected chi connectivity index (χ2v) is 6.02. The third-order valence-corrected chi connectivity index (χ3v) is 4.06. The molecule has 134 valence electrons. The molecule has 1 aliphatic rings. The van der Waals surface area contributed by atoms with Crippen LogP contribution in [0.25, 0.3) is 0 Å². The molecule has 1 N–H and O–H groups in total. The van der Waals surface area contributed by atoms with Crippen molar-refractivity contribution in [2.24, 2.45) is 0 Å². The number of ketones is 1. The van der Waals surface area contributed by atoms with Crippen LogP contribution in [0.15, 0.2) is 48.5 Å². The van der Waals surface area contributed by atoms with Crippen LogP contribution in [0, 0.1) is 0 Å². The highest BCUT2D eigenvalue weighted by Gasteiger charge is 2.20. The average Bonchev–Trinajstić information content (AvgIpc) is 2.66. The SMILES string of the molecule is C[C@@H](OC(=O)COc1ccc2c(c1)CCC(=O)N2)C(=O)c1ccccc1. The van der Waals surface area contributed by atoms with Crippen LogP contribution in [0.5, 0.6) is 5.75 Å². The van der Waals surface area contributed by atoms with Crippen LogP contribution in [0.2, 0.25) is 0 Å². The molecular weight excluding hydrogens is 334 g/mol. The Morgan fingerprint density at radius 1 is 1.12 bits per heavy atom. The highest BCUT2D eigenvalue weighted by molar-refractivity contribution is 6.00. The third-order valence-electron chi connectivity index (χ3n) is 4.06. The number of aryl methyl sites for hydroxylation is 1. The van der Waals surface area contributed by atoms with Gasteiger partial charge in [-0.25, -0.2) is 4.79 Å². The molecule has 6 nitrogen and oxygen atoms in total. The molecule has 0 saturated carbocycles. The Bertz CT molecular complexity index is 831. The number of ether oxygens (including phenoxy) is 2. The summed E-state index contributed by atoms with van der Waals surface area (Å²) in [7, 11) is 0. The molecule has 0 fully saturated rings. The topological polar surface area (TPSA) is 81.7 Å². The number of hydrogen-bond acceptors (Lipinski definition) is 5. The van der Waals surface area contributed by atoms with E-state index in [1.807, 2.05) is 6.07 Å². The minimum atomic E-state index is -0.882. The van der Waals surface area contributed by atoms with Gasteiger partial charge in [0.2, 0.25) is 11.7 Å². The molecule has 6 heteroatoms. The number of rotatable bonds is 6. The first kappa shape index (κ1) is 17.7. The standard InChI is InChI=1S/C20H19NO5/c1-13(20(24)14-5-3-2-4-6-14)26-19(23)12-25-16-8-9-17-15(11-16)7-10-18(22)21-17/h2-6,8-9,11,13H,7,10,12H2,1H3,(H,21,22)/t13-/m1/s1. The van der Waals surface area contributed by atoms with Gasteiger partial charge in [0.05, 0.1) is 0 Å². The summed E-state index contributed by atoms with van der Waals surface area (Å²) in [6.45, 7) is 1.24. The van der Waals surface area contributed by atoms with E-state index in [4.69, 9.17) is 9.47 Å². The number of hydrogen-bond donors (Lipinski definition) is 1. The molecule has 2 aromatic carbocycles. The summed E-state index contributed by atoms with van der Waals surface area (Å²) in [5.41, 5.74) is 2.21. The second-order valence-electron chi connectivity index (χ2n) is 6.02. The van der Waals surface area contributed by atoms with E-state index in [0.29, 0.717) is 24.2 Å². The summed E-state index contributed by atoms with van der Waals surface area (Å²) >= 11 is 0. The maximum absolute atomic E-state index is 12.2. The van der Waals surface area contributed by atoms with Gasteiger partial charge in [0.1, 0.15) is 5.75 Å². The number of anilines is 1. The molecular formula is C20H19NO5. The molecule has 26 heavy (non-hydrogen) atoms. The molecule has 0 bridgehead atoms. The van der Waals surface area contributed by atoms with Crippen molar-refractivity contribution in [1.29, 1.82) is 0 Å². The monoisotopic (exact) mass is 353 g/mol. The second kappa shape index (κ2) is 7.82. The van der Waals surface area contributed by atoms with Crippen LogP contribution < -0.4 is 10.1 Å². The number of Topliss-reactive ketones (excluding diaryl/α,β-unsaturated/α-hetero) is 1. The molecule has 0 saturated heterocycles. The number of carbonyl (C=O) groups is 3. The Kier molecular flexibility index (Phi) is 5.31. The Morgan fingerprint density at radius 3 is 2.65 bits per heavy atom. The molecule has 1 heterocycles. The van der Waals surface area contributed by atoms with Gasteiger partial charge < -0.3 is 14.8 Å². The molecule has 1 atom stereocenters. The van der Waals surface area contributed by atoms with Gasteiger partial charge in [0.15, 0.2) is 12.7 Å². The zero-order valence-electron chi connectivity index (χ0n) is 14.4. The first-order chi connectivity index (χ1) is 12.5. The molecule has 0 unspecified atom stereocenters. The van der Waals surface area contributed by atoms with Crippen molar-refractivity contribution in [3.63, 3.8) is 0 Å². The smallest absolute Gasteiger partial charge is 0.344 e. The van der Waals surface area contributed by atoms with Gasteiger partial charge in [0, 0.05) is 17.7 Å². The number of carbonyl (C=O) groups excluding carboxylic acids is 3. The zero-order chi connectivity index (χ0) is 18.5. The average molecular weight is 353 g/mol. The fourth-order valence-electron chi connectivity index (χ4n) is 2.71. The number of benzene rings is 2. The summed E-state index contributed by atoms with van der Waals surface area (Å²) in [6.07, 6.45) is 0.176. The molecule has 1 amide bonds. The van der Waals surface area contributed by atoms with Gasteiger partial charge in [-0.15, -0.1) is 0 Å². The lowest BCUT2D eigenvalue weighted by molar-refractivity contribution is -0.148. The Balaban J connectivity index is 1.53. The first-order valence-electron chi connectivity index (χ1n) is 8.37. The zero-order valence-corrected chi connectivity index (χ0v) is 14.4. The van der Waals surface area contributed by atoms with Crippen LogP contribution >= 0.6 is 0 Å². The van der Waals surface area contributed by atoms with Crippen LogP contribution in [-0.4, -0.2) is 30.4 Å². The molecule has 0 aromatic heterocycles. The van der Waals surface area contributed by atoms with E-state index in [1.165, 1.54) is 6.92 Å². The van der Waals surface area contributed by atoms with E-state index in [9.17, 15) is 14.4 Å². The van der Waals surface area contributed by atoms with E-state index in [-0.39, 0.29) is 18.3 Å². The lowest BCUT2D eigenvalue weighted by Gasteiger charge is -2.18. The van der Waals surface area contributed by atoms with E-state index in [0.717, 1.165) is 11.3 Å². The van der Waals surface area contributed by atoms with Crippen molar-refractivity contribution in [1.82, 2.24) is 0 Å². The summed E-state index contributed by atoms with van der Waals surface area (Å²) in [4.78, 5) is 35.5. The first-order valence-corrected chi connectivity index (χ1v) is 8.37. The Hall–Kier alpha value is -3.15.